The molecule has 1 N–H and O–H groups in total. The fourth-order valence-electron chi connectivity index (χ4n) is 2.17. The maximum Gasteiger partial charge on any atom is 0.120 e. The van der Waals surface area contributed by atoms with E-state index in [0.717, 1.165) is 24.4 Å². The van der Waals surface area contributed by atoms with Crippen molar-refractivity contribution in [3.63, 3.8) is 0 Å². The van der Waals surface area contributed by atoms with E-state index in [1.807, 2.05) is 17.7 Å². The molecule has 1 atom stereocenters. The second kappa shape index (κ2) is 6.05. The van der Waals surface area contributed by atoms with E-state index in [9.17, 15) is 0 Å². The first-order valence-corrected chi connectivity index (χ1v) is 7.36. The lowest BCUT2D eigenvalue weighted by atomic mass is 10.1. The van der Waals surface area contributed by atoms with E-state index >= 15 is 0 Å². The number of nitriles is 1. The third kappa shape index (κ3) is 3.25. The number of nitrogens with one attached hydrogen (secondary N) is 1. The fraction of sp³-hybridized carbons (Fsp3) is 0.400. The molecule has 19 heavy (non-hydrogen) atoms. The van der Waals surface area contributed by atoms with E-state index in [1.54, 1.807) is 11.3 Å². The molecule has 0 saturated heterocycles. The van der Waals surface area contributed by atoms with Crippen LogP contribution in [0.4, 0.5) is 0 Å². The van der Waals surface area contributed by atoms with Crippen LogP contribution in [0.3, 0.4) is 0 Å². The Labute approximate surface area is 118 Å². The lowest BCUT2D eigenvalue weighted by Crippen LogP contribution is -2.27. The van der Waals surface area contributed by atoms with Crippen LogP contribution >= 0.6 is 11.3 Å². The van der Waals surface area contributed by atoms with Crippen molar-refractivity contribution in [3.05, 3.63) is 45.4 Å². The third-order valence-electron chi connectivity index (χ3n) is 3.52. The summed E-state index contributed by atoms with van der Waals surface area (Å²) < 4.78 is 1.94. The van der Waals surface area contributed by atoms with E-state index in [4.69, 9.17) is 5.26 Å². The summed E-state index contributed by atoms with van der Waals surface area (Å²) in [6.45, 7) is 5.06. The summed E-state index contributed by atoms with van der Waals surface area (Å²) in [6.07, 6.45) is 1.04. The Balaban J connectivity index is 1.94. The molecule has 2 aromatic rings. The molecule has 0 radical (unpaired) electrons. The van der Waals surface area contributed by atoms with Gasteiger partial charge in [0.15, 0.2) is 0 Å². The average molecular weight is 273 g/mol. The predicted molar refractivity (Wildman–Crippen MR) is 79.2 cm³/mol. The molecule has 0 aromatic carbocycles. The molecule has 4 heteroatoms. The highest BCUT2D eigenvalue weighted by molar-refractivity contribution is 7.07. The van der Waals surface area contributed by atoms with Crippen LogP contribution < -0.4 is 5.32 Å². The predicted octanol–water partition coefficient (Wildman–Crippen LogP) is 2.99. The van der Waals surface area contributed by atoms with Crippen molar-refractivity contribution >= 4 is 11.3 Å². The minimum Gasteiger partial charge on any atom is -0.340 e. The van der Waals surface area contributed by atoms with E-state index < -0.39 is 0 Å². The summed E-state index contributed by atoms with van der Waals surface area (Å²) in [4.78, 5) is 0. The molecule has 1 unspecified atom stereocenters. The Hall–Kier alpha value is -1.57. The second-order valence-corrected chi connectivity index (χ2v) is 5.71. The monoisotopic (exact) mass is 273 g/mol. The summed E-state index contributed by atoms with van der Waals surface area (Å²) in [7, 11) is 1.94. The van der Waals surface area contributed by atoms with Gasteiger partial charge in [-0.2, -0.15) is 16.6 Å². The lowest BCUT2D eigenvalue weighted by molar-refractivity contribution is 0.544. The highest BCUT2D eigenvalue weighted by Crippen LogP contribution is 2.14. The molecule has 0 fully saturated rings. The minimum atomic E-state index is 0.430. The Morgan fingerprint density at radius 3 is 2.89 bits per heavy atom. The molecule has 100 valence electrons. The average Bonchev–Trinajstić information content (AvgIpc) is 2.98. The van der Waals surface area contributed by atoms with E-state index in [0.29, 0.717) is 6.04 Å². The molecule has 0 aliphatic heterocycles. The van der Waals surface area contributed by atoms with Crippen LogP contribution in [0.1, 0.15) is 29.4 Å². The Bertz CT molecular complexity index is 575. The van der Waals surface area contributed by atoms with Gasteiger partial charge in [0, 0.05) is 25.3 Å². The fourth-order valence-corrected chi connectivity index (χ4v) is 2.85. The summed E-state index contributed by atoms with van der Waals surface area (Å²) in [5.74, 6) is 0. The minimum absolute atomic E-state index is 0.430. The molecule has 0 aliphatic rings. The lowest BCUT2D eigenvalue weighted by Gasteiger charge is -2.13. The van der Waals surface area contributed by atoms with E-state index in [-0.39, 0.29) is 0 Å². The molecule has 2 aromatic heterocycles. The zero-order valence-corrected chi connectivity index (χ0v) is 12.4. The van der Waals surface area contributed by atoms with Crippen molar-refractivity contribution < 1.29 is 0 Å². The molecule has 0 aliphatic carbocycles. The van der Waals surface area contributed by atoms with Crippen molar-refractivity contribution in [2.75, 3.05) is 0 Å². The highest BCUT2D eigenvalue weighted by atomic mass is 32.1. The van der Waals surface area contributed by atoms with Gasteiger partial charge in [0.25, 0.3) is 0 Å². The van der Waals surface area contributed by atoms with Gasteiger partial charge in [0.05, 0.1) is 0 Å². The van der Waals surface area contributed by atoms with Gasteiger partial charge in [0.2, 0.25) is 0 Å². The normalized spacial score (nSPS) is 12.3. The topological polar surface area (TPSA) is 40.8 Å². The number of aromatic nitrogens is 1. The van der Waals surface area contributed by atoms with Crippen LogP contribution in [0.5, 0.6) is 0 Å². The van der Waals surface area contributed by atoms with Crippen LogP contribution in [0.25, 0.3) is 0 Å². The van der Waals surface area contributed by atoms with Crippen LogP contribution in [-0.4, -0.2) is 10.6 Å². The van der Waals surface area contributed by atoms with E-state index in [1.165, 1.54) is 11.1 Å². The van der Waals surface area contributed by atoms with Crippen molar-refractivity contribution in [3.8, 4) is 6.07 Å². The van der Waals surface area contributed by atoms with Crippen LogP contribution in [0.15, 0.2) is 22.9 Å². The standard InChI is InChI=1S/C15H19N3S/c1-11(6-13-4-5-19-10-13)17-9-14-7-15(8-16)18(3)12(14)2/h4-5,7,10-11,17H,6,9H2,1-3H3. The Kier molecular flexibility index (Phi) is 4.41. The maximum absolute atomic E-state index is 9.01. The number of thiophene rings is 1. The Morgan fingerprint density at radius 1 is 1.53 bits per heavy atom. The molecule has 3 nitrogen and oxygen atoms in total. The molecule has 0 spiro atoms. The van der Waals surface area contributed by atoms with Crippen LogP contribution in [0, 0.1) is 18.3 Å². The maximum atomic E-state index is 9.01. The zero-order valence-electron chi connectivity index (χ0n) is 11.6. The SMILES string of the molecule is Cc1c(CNC(C)Cc2ccsc2)cc(C#N)n1C. The molecular weight excluding hydrogens is 254 g/mol. The van der Waals surface area contributed by atoms with Gasteiger partial charge >= 0.3 is 0 Å². The van der Waals surface area contributed by atoms with Gasteiger partial charge in [-0.15, -0.1) is 0 Å². The number of hydrogen-bond donors (Lipinski definition) is 1. The van der Waals surface area contributed by atoms with Gasteiger partial charge in [-0.05, 0) is 54.3 Å². The second-order valence-electron chi connectivity index (χ2n) is 4.93. The van der Waals surface area contributed by atoms with Gasteiger partial charge in [-0.1, -0.05) is 0 Å². The van der Waals surface area contributed by atoms with Crippen LogP contribution in [-0.2, 0) is 20.0 Å². The number of rotatable bonds is 5. The number of hydrogen-bond acceptors (Lipinski definition) is 3. The van der Waals surface area contributed by atoms with Crippen molar-refractivity contribution in [1.82, 2.24) is 9.88 Å². The molecule has 2 rings (SSSR count). The smallest absolute Gasteiger partial charge is 0.120 e. The van der Waals surface area contributed by atoms with Gasteiger partial charge in [0.1, 0.15) is 11.8 Å². The molecular formula is C15H19N3S. The summed E-state index contributed by atoms with van der Waals surface area (Å²) in [5, 5.41) is 16.8. The largest absolute Gasteiger partial charge is 0.340 e. The van der Waals surface area contributed by atoms with E-state index in [2.05, 4.69) is 42.1 Å². The van der Waals surface area contributed by atoms with Gasteiger partial charge < -0.3 is 9.88 Å². The zero-order chi connectivity index (χ0) is 13.8. The molecule has 0 bridgehead atoms. The quantitative estimate of drug-likeness (QED) is 0.910. The summed E-state index contributed by atoms with van der Waals surface area (Å²) >= 11 is 1.74. The number of nitrogens with zero attached hydrogens (tertiary/aromatic N) is 2. The Morgan fingerprint density at radius 2 is 2.32 bits per heavy atom. The van der Waals surface area contributed by atoms with Crippen molar-refractivity contribution in [1.29, 1.82) is 5.26 Å². The first-order valence-electron chi connectivity index (χ1n) is 6.41. The summed E-state index contributed by atoms with van der Waals surface area (Å²) in [5.41, 5.74) is 4.47. The molecule has 0 amide bonds. The summed E-state index contributed by atoms with van der Waals surface area (Å²) in [6, 6.07) is 6.79. The highest BCUT2D eigenvalue weighted by Gasteiger charge is 2.10. The van der Waals surface area contributed by atoms with Crippen LogP contribution in [0.2, 0.25) is 0 Å². The first kappa shape index (κ1) is 13.9. The molecule has 0 saturated carbocycles. The van der Waals surface area contributed by atoms with Crippen molar-refractivity contribution in [2.45, 2.75) is 32.9 Å². The van der Waals surface area contributed by atoms with Gasteiger partial charge in [-0.3, -0.25) is 0 Å². The van der Waals surface area contributed by atoms with Crippen molar-refractivity contribution in [2.24, 2.45) is 7.05 Å². The molecule has 2 heterocycles. The third-order valence-corrected chi connectivity index (χ3v) is 4.25. The van der Waals surface area contributed by atoms with Gasteiger partial charge in [-0.25, -0.2) is 0 Å². The first-order chi connectivity index (χ1) is 9.11.